The molecule has 0 bridgehead atoms. The van der Waals surface area contributed by atoms with E-state index in [-0.39, 0.29) is 43.0 Å². The minimum absolute atomic E-state index is 0.0165. The first-order valence-corrected chi connectivity index (χ1v) is 11.4. The average Bonchev–Trinajstić information content (AvgIpc) is 3.30. The number of hydrogen-bond acceptors (Lipinski definition) is 5. The van der Waals surface area contributed by atoms with Crippen LogP contribution in [0, 0.1) is 0 Å². The molecule has 0 saturated heterocycles. The van der Waals surface area contributed by atoms with Crippen molar-refractivity contribution < 1.29 is 32.6 Å². The molecule has 38 heavy (non-hydrogen) atoms. The monoisotopic (exact) mass is 529 g/mol. The quantitative estimate of drug-likeness (QED) is 0.183. The van der Waals surface area contributed by atoms with Crippen LogP contribution in [0.1, 0.15) is 28.2 Å². The smallest absolute Gasteiger partial charge is 0.435 e. The maximum atomic E-state index is 13.8. The van der Waals surface area contributed by atoms with Gasteiger partial charge in [-0.3, -0.25) is 9.69 Å². The molecule has 0 fully saturated rings. The Balaban J connectivity index is 1.66. The predicted molar refractivity (Wildman–Crippen MR) is 131 cm³/mol. The highest BCUT2D eigenvalue weighted by Gasteiger charge is 2.43. The van der Waals surface area contributed by atoms with Crippen LogP contribution < -0.4 is 14.5 Å². The zero-order valence-electron chi connectivity index (χ0n) is 20.1. The summed E-state index contributed by atoms with van der Waals surface area (Å²) in [6, 6.07) is 12.2. The number of benzene rings is 2. The Morgan fingerprint density at radius 3 is 2.42 bits per heavy atom. The maximum Gasteiger partial charge on any atom is 0.435 e. The fourth-order valence-electron chi connectivity index (χ4n) is 4.24. The highest BCUT2D eigenvalue weighted by molar-refractivity contribution is 6.07. The molecule has 0 spiro atoms. The molecule has 2 amide bonds. The summed E-state index contributed by atoms with van der Waals surface area (Å²) in [5, 5.41) is 16.7. The van der Waals surface area contributed by atoms with E-state index >= 15 is 0 Å². The number of halogens is 3. The fraction of sp³-hybridized carbons (Fsp3) is 0.292. The number of azide groups is 1. The number of rotatable bonds is 8. The summed E-state index contributed by atoms with van der Waals surface area (Å²) >= 11 is 0. The lowest BCUT2D eigenvalue weighted by atomic mass is 10.0. The van der Waals surface area contributed by atoms with Gasteiger partial charge in [0.2, 0.25) is 0 Å². The van der Waals surface area contributed by atoms with Crippen LogP contribution in [0.15, 0.2) is 53.6 Å². The van der Waals surface area contributed by atoms with Gasteiger partial charge < -0.3 is 14.7 Å². The highest BCUT2D eigenvalue weighted by atomic mass is 19.4. The van der Waals surface area contributed by atoms with E-state index in [4.69, 9.17) is 10.3 Å². The molecule has 1 aromatic heterocycles. The number of alkyl halides is 3. The molecule has 0 aliphatic carbocycles. The first-order chi connectivity index (χ1) is 18.2. The van der Waals surface area contributed by atoms with Gasteiger partial charge in [-0.15, -0.1) is 0 Å². The van der Waals surface area contributed by atoms with Crippen molar-refractivity contribution in [3.05, 3.63) is 75.9 Å². The van der Waals surface area contributed by atoms with Gasteiger partial charge in [-0.1, -0.05) is 5.11 Å². The third-order valence-corrected chi connectivity index (χ3v) is 6.01. The number of carbonyl (C=O) groups is 2. The molecule has 0 radical (unpaired) electrons. The molecule has 2 aromatic carbocycles. The number of amides is 2. The lowest BCUT2D eigenvalue weighted by molar-refractivity contribution is -0.141. The summed E-state index contributed by atoms with van der Waals surface area (Å²) in [6.45, 7) is 0.198. The van der Waals surface area contributed by atoms with Crippen LogP contribution in [0.5, 0.6) is 5.75 Å². The molecule has 1 aliphatic rings. The number of methoxy groups -OCH3 is 1. The van der Waals surface area contributed by atoms with Crippen LogP contribution in [0.4, 0.5) is 29.3 Å². The van der Waals surface area contributed by atoms with Gasteiger partial charge in [0.1, 0.15) is 11.4 Å². The predicted octanol–water partition coefficient (Wildman–Crippen LogP) is 5.29. The molecule has 198 valence electrons. The van der Waals surface area contributed by atoms with Crippen molar-refractivity contribution in [1.29, 1.82) is 0 Å². The lowest BCUT2D eigenvalue weighted by Gasteiger charge is -2.28. The number of aromatic nitrogens is 2. The second-order valence-corrected chi connectivity index (χ2v) is 8.25. The average molecular weight is 529 g/mol. The molecule has 14 heteroatoms. The molecule has 11 nitrogen and oxygen atoms in total. The van der Waals surface area contributed by atoms with Crippen molar-refractivity contribution in [2.75, 3.05) is 36.5 Å². The Morgan fingerprint density at radius 2 is 1.84 bits per heavy atom. The SMILES string of the molecule is COc1ccc(-n2nc(C(F)(F)F)c3c2C(=O)N(c2ccc(N(CCCN=[N+]=[N-])C(=O)O)cc2)CC3)cc1. The number of carboxylic acid groups (broad SMARTS) is 1. The van der Waals surface area contributed by atoms with Crippen LogP contribution >= 0.6 is 0 Å². The third kappa shape index (κ3) is 5.20. The van der Waals surface area contributed by atoms with Gasteiger partial charge in [-0.05, 0) is 66.9 Å². The summed E-state index contributed by atoms with van der Waals surface area (Å²) in [6.07, 6.45) is -5.72. The first kappa shape index (κ1) is 26.4. The van der Waals surface area contributed by atoms with Crippen LogP contribution in [-0.2, 0) is 12.6 Å². The van der Waals surface area contributed by atoms with E-state index in [1.165, 1.54) is 48.4 Å². The zero-order valence-corrected chi connectivity index (χ0v) is 20.1. The van der Waals surface area contributed by atoms with Crippen molar-refractivity contribution in [3.8, 4) is 11.4 Å². The largest absolute Gasteiger partial charge is 0.497 e. The van der Waals surface area contributed by atoms with Crippen molar-refractivity contribution in [2.45, 2.75) is 19.0 Å². The van der Waals surface area contributed by atoms with Crippen LogP contribution in [0.25, 0.3) is 16.1 Å². The first-order valence-electron chi connectivity index (χ1n) is 11.4. The number of anilines is 2. The molecule has 1 aliphatic heterocycles. The summed E-state index contributed by atoms with van der Waals surface area (Å²) in [5.41, 5.74) is 7.88. The number of carbonyl (C=O) groups excluding carboxylic acids is 1. The Morgan fingerprint density at radius 1 is 1.18 bits per heavy atom. The second kappa shape index (κ2) is 10.7. The number of hydrogen-bond donors (Lipinski definition) is 1. The minimum atomic E-state index is -4.75. The Kier molecular flexibility index (Phi) is 7.44. The van der Waals surface area contributed by atoms with Gasteiger partial charge in [-0.2, -0.15) is 18.3 Å². The number of nitrogens with zero attached hydrogens (tertiary/aromatic N) is 7. The van der Waals surface area contributed by atoms with E-state index in [2.05, 4.69) is 15.1 Å². The standard InChI is InChI=1S/C24H22F3N7O4/c1-38-18-9-7-17(8-10-18)34-20-19(21(30-34)24(25,26)27)11-14-32(22(20)35)15-3-5-16(6-4-15)33(23(36)37)13-2-12-29-31-28/h3-10H,2,11-14H2,1H3,(H,36,37). The fourth-order valence-corrected chi connectivity index (χ4v) is 4.24. The molecule has 3 aromatic rings. The van der Waals surface area contributed by atoms with Gasteiger partial charge in [0.25, 0.3) is 5.91 Å². The van der Waals surface area contributed by atoms with Gasteiger partial charge in [-0.25, -0.2) is 9.48 Å². The second-order valence-electron chi connectivity index (χ2n) is 8.25. The normalized spacial score (nSPS) is 13.1. The minimum Gasteiger partial charge on any atom is -0.497 e. The molecule has 0 atom stereocenters. The van der Waals surface area contributed by atoms with E-state index in [9.17, 15) is 27.9 Å². The van der Waals surface area contributed by atoms with E-state index in [0.717, 1.165) is 9.58 Å². The van der Waals surface area contributed by atoms with Crippen LogP contribution in [0.3, 0.4) is 0 Å². The van der Waals surface area contributed by atoms with Crippen LogP contribution in [-0.4, -0.2) is 53.6 Å². The third-order valence-electron chi connectivity index (χ3n) is 6.01. The van der Waals surface area contributed by atoms with E-state index in [1.54, 1.807) is 12.1 Å². The Hall–Kier alpha value is -4.71. The van der Waals surface area contributed by atoms with Crippen molar-refractivity contribution in [3.63, 3.8) is 0 Å². The molecule has 0 saturated carbocycles. The van der Waals surface area contributed by atoms with Crippen molar-refractivity contribution in [2.24, 2.45) is 5.11 Å². The molecule has 2 heterocycles. The van der Waals surface area contributed by atoms with Gasteiger partial charge in [0.15, 0.2) is 5.69 Å². The van der Waals surface area contributed by atoms with E-state index in [0.29, 0.717) is 23.5 Å². The van der Waals surface area contributed by atoms with E-state index < -0.39 is 23.9 Å². The molecule has 1 N–H and O–H groups in total. The summed E-state index contributed by atoms with van der Waals surface area (Å²) in [7, 11) is 1.46. The van der Waals surface area contributed by atoms with Gasteiger partial charge >= 0.3 is 12.3 Å². The Labute approximate surface area is 214 Å². The van der Waals surface area contributed by atoms with E-state index in [1.807, 2.05) is 0 Å². The zero-order chi connectivity index (χ0) is 27.4. The molecule has 0 unspecified atom stereocenters. The van der Waals surface area contributed by atoms with Crippen molar-refractivity contribution >= 4 is 23.4 Å². The highest BCUT2D eigenvalue weighted by Crippen LogP contribution is 2.37. The summed E-state index contributed by atoms with van der Waals surface area (Å²) in [5.74, 6) is -0.172. The Bertz CT molecular complexity index is 1380. The lowest BCUT2D eigenvalue weighted by Crippen LogP contribution is -2.39. The molecular formula is C24H22F3N7O4. The summed E-state index contributed by atoms with van der Waals surface area (Å²) < 4.78 is 47.5. The topological polar surface area (TPSA) is 137 Å². The number of ether oxygens (including phenoxy) is 1. The summed E-state index contributed by atoms with van der Waals surface area (Å²) in [4.78, 5) is 30.3. The van der Waals surface area contributed by atoms with Crippen molar-refractivity contribution in [1.82, 2.24) is 9.78 Å². The maximum absolute atomic E-state index is 13.8. The van der Waals surface area contributed by atoms with Crippen LogP contribution in [0.2, 0.25) is 0 Å². The van der Waals surface area contributed by atoms with Gasteiger partial charge in [0.05, 0.1) is 12.8 Å². The molecular weight excluding hydrogens is 507 g/mol. The molecule has 4 rings (SSSR count). The van der Waals surface area contributed by atoms with Gasteiger partial charge in [0, 0.05) is 41.5 Å². The number of fused-ring (bicyclic) bond motifs is 1.